The predicted molar refractivity (Wildman–Crippen MR) is 77.1 cm³/mol. The van der Waals surface area contributed by atoms with Crippen molar-refractivity contribution in [3.8, 4) is 0 Å². The molecule has 7 nitrogen and oxygen atoms in total. The Morgan fingerprint density at radius 3 is 2.59 bits per heavy atom. The van der Waals surface area contributed by atoms with Gasteiger partial charge >= 0.3 is 10.3 Å². The zero-order valence-electron chi connectivity index (χ0n) is 11.8. The van der Waals surface area contributed by atoms with E-state index in [1.54, 1.807) is 0 Å². The van der Waals surface area contributed by atoms with E-state index in [9.17, 15) is 18.0 Å². The molecule has 2 aliphatic heterocycles. The highest BCUT2D eigenvalue weighted by Crippen LogP contribution is 2.35. The molecule has 118 valence electrons. The molecule has 2 atom stereocenters. The van der Waals surface area contributed by atoms with Crippen LogP contribution in [0, 0.1) is 0 Å². The Balaban J connectivity index is 1.63. The third-order valence-electron chi connectivity index (χ3n) is 4.18. The van der Waals surface area contributed by atoms with E-state index in [0.717, 1.165) is 5.56 Å². The highest BCUT2D eigenvalue weighted by atomic mass is 32.2. The molecule has 2 fully saturated rings. The third kappa shape index (κ3) is 2.48. The first-order chi connectivity index (χ1) is 10.4. The average Bonchev–Trinajstić information content (AvgIpc) is 2.83. The Hall–Kier alpha value is -1.93. The van der Waals surface area contributed by atoms with Gasteiger partial charge in [-0.3, -0.25) is 14.1 Å². The van der Waals surface area contributed by atoms with E-state index in [1.165, 1.54) is 4.90 Å². The largest absolute Gasteiger partial charge is 0.362 e. The van der Waals surface area contributed by atoms with Crippen LogP contribution in [0.1, 0.15) is 18.4 Å². The van der Waals surface area contributed by atoms with Crippen molar-refractivity contribution in [1.29, 1.82) is 0 Å². The fraction of sp³-hybridized carbons (Fsp3) is 0.429. The minimum absolute atomic E-state index is 0.167. The van der Waals surface area contributed by atoms with Crippen molar-refractivity contribution in [3.63, 3.8) is 0 Å². The van der Waals surface area contributed by atoms with Gasteiger partial charge in [0.2, 0.25) is 5.91 Å². The smallest absolute Gasteiger partial charge is 0.328 e. The second-order valence-electron chi connectivity index (χ2n) is 5.49. The lowest BCUT2D eigenvalue weighted by molar-refractivity contribution is -0.151. The van der Waals surface area contributed by atoms with Crippen LogP contribution in [0.4, 0.5) is 0 Å². The molecule has 2 amide bonds. The van der Waals surface area contributed by atoms with Crippen LogP contribution < -0.4 is 0 Å². The fourth-order valence-electron chi connectivity index (χ4n) is 3.14. The number of nitrogens with zero attached hydrogens (tertiary/aromatic N) is 2. The summed E-state index contributed by atoms with van der Waals surface area (Å²) in [6.45, 7) is 0.334. The van der Waals surface area contributed by atoms with Crippen molar-refractivity contribution >= 4 is 22.1 Å². The molecule has 22 heavy (non-hydrogen) atoms. The summed E-state index contributed by atoms with van der Waals surface area (Å²) < 4.78 is 31.7. The molecular formula is C14H16N2O5S. The maximum Gasteiger partial charge on any atom is 0.362 e. The summed E-state index contributed by atoms with van der Waals surface area (Å²) in [7, 11) is -4.53. The molecule has 0 bridgehead atoms. The number of aryl methyl sites for hydroxylation is 1. The molecule has 0 aliphatic carbocycles. The van der Waals surface area contributed by atoms with Crippen LogP contribution in [0.2, 0.25) is 0 Å². The van der Waals surface area contributed by atoms with Gasteiger partial charge in [-0.2, -0.15) is 8.42 Å². The third-order valence-corrected chi connectivity index (χ3v) is 5.12. The minimum atomic E-state index is -4.53. The van der Waals surface area contributed by atoms with Gasteiger partial charge in [0.05, 0.1) is 6.04 Å². The van der Waals surface area contributed by atoms with Crippen molar-refractivity contribution in [2.45, 2.75) is 31.3 Å². The van der Waals surface area contributed by atoms with Crippen molar-refractivity contribution in [1.82, 2.24) is 9.21 Å². The molecule has 2 saturated heterocycles. The normalized spacial score (nSPS) is 24.1. The number of benzene rings is 1. The summed E-state index contributed by atoms with van der Waals surface area (Å²) in [4.78, 5) is 25.6. The highest BCUT2D eigenvalue weighted by molar-refractivity contribution is 7.84. The van der Waals surface area contributed by atoms with E-state index in [0.29, 0.717) is 23.7 Å². The summed E-state index contributed by atoms with van der Waals surface area (Å²) in [6.07, 6.45) is 1.21. The second kappa shape index (κ2) is 5.36. The summed E-state index contributed by atoms with van der Waals surface area (Å²) >= 11 is 0. The standard InChI is InChI=1S/C14H16N2O5S/c17-12(7-6-10-4-2-1-3-5-10)15-9-8-11-13(15)14(18)16(11)22(19,20)21/h1-5,11,13H,6-9H2,(H,19,20,21). The van der Waals surface area contributed by atoms with Gasteiger partial charge in [-0.25, -0.2) is 4.31 Å². The van der Waals surface area contributed by atoms with E-state index < -0.39 is 28.3 Å². The number of hydrogen-bond acceptors (Lipinski definition) is 4. The van der Waals surface area contributed by atoms with Gasteiger partial charge in [0, 0.05) is 13.0 Å². The van der Waals surface area contributed by atoms with E-state index >= 15 is 0 Å². The second-order valence-corrected chi connectivity index (χ2v) is 6.77. The average molecular weight is 324 g/mol. The van der Waals surface area contributed by atoms with Gasteiger partial charge in [-0.05, 0) is 18.4 Å². The maximum atomic E-state index is 12.3. The predicted octanol–water partition coefficient (Wildman–Crippen LogP) is 0.234. The first kappa shape index (κ1) is 15.0. The van der Waals surface area contributed by atoms with Crippen molar-refractivity contribution in [2.24, 2.45) is 0 Å². The number of rotatable bonds is 4. The number of fused-ring (bicyclic) bond motifs is 1. The maximum absolute atomic E-state index is 12.3. The molecule has 2 unspecified atom stereocenters. The lowest BCUT2D eigenvalue weighted by Gasteiger charge is -2.42. The van der Waals surface area contributed by atoms with Crippen LogP contribution in [-0.2, 0) is 26.3 Å². The Kier molecular flexibility index (Phi) is 3.65. The lowest BCUT2D eigenvalue weighted by Crippen LogP contribution is -2.68. The van der Waals surface area contributed by atoms with Crippen LogP contribution in [0.3, 0.4) is 0 Å². The van der Waals surface area contributed by atoms with Gasteiger partial charge < -0.3 is 4.90 Å². The summed E-state index contributed by atoms with van der Waals surface area (Å²) in [5.41, 5.74) is 1.03. The fourth-order valence-corrected chi connectivity index (χ4v) is 4.03. The number of β-lactam (4-membered cyclic amide) rings is 1. The number of carbonyl (C=O) groups is 2. The summed E-state index contributed by atoms with van der Waals surface area (Å²) in [5.74, 6) is -0.891. The van der Waals surface area contributed by atoms with Gasteiger partial charge in [0.25, 0.3) is 5.91 Å². The molecule has 1 aromatic rings. The molecule has 1 aromatic carbocycles. The van der Waals surface area contributed by atoms with E-state index in [-0.39, 0.29) is 12.3 Å². The SMILES string of the molecule is O=C(CCc1ccccc1)N1CCC2C1C(=O)N2S(=O)(=O)O. The van der Waals surface area contributed by atoms with Crippen molar-refractivity contribution in [3.05, 3.63) is 35.9 Å². The van der Waals surface area contributed by atoms with Crippen LogP contribution in [0.25, 0.3) is 0 Å². The first-order valence-corrected chi connectivity index (χ1v) is 8.43. The van der Waals surface area contributed by atoms with Crippen molar-refractivity contribution in [2.75, 3.05) is 6.54 Å². The molecule has 2 heterocycles. The highest BCUT2D eigenvalue weighted by Gasteiger charge is 2.59. The monoisotopic (exact) mass is 324 g/mol. The molecule has 2 aliphatic rings. The summed E-state index contributed by atoms with van der Waals surface area (Å²) in [6, 6.07) is 8.17. The van der Waals surface area contributed by atoms with Gasteiger partial charge in [0.15, 0.2) is 0 Å². The Bertz CT molecular complexity index is 703. The quantitative estimate of drug-likeness (QED) is 0.632. The molecular weight excluding hydrogens is 308 g/mol. The Morgan fingerprint density at radius 1 is 1.27 bits per heavy atom. The van der Waals surface area contributed by atoms with E-state index in [4.69, 9.17) is 4.55 Å². The van der Waals surface area contributed by atoms with Gasteiger partial charge in [-0.1, -0.05) is 30.3 Å². The molecule has 1 N–H and O–H groups in total. The molecule has 8 heteroatoms. The van der Waals surface area contributed by atoms with Crippen LogP contribution >= 0.6 is 0 Å². The number of likely N-dealkylation sites (tertiary alicyclic amines) is 1. The minimum Gasteiger partial charge on any atom is -0.328 e. The molecule has 3 rings (SSSR count). The Morgan fingerprint density at radius 2 is 1.95 bits per heavy atom. The van der Waals surface area contributed by atoms with Crippen LogP contribution in [0.5, 0.6) is 0 Å². The number of amides is 2. The van der Waals surface area contributed by atoms with Gasteiger partial charge in [0.1, 0.15) is 6.04 Å². The van der Waals surface area contributed by atoms with Crippen molar-refractivity contribution < 1.29 is 22.6 Å². The van der Waals surface area contributed by atoms with Gasteiger partial charge in [-0.15, -0.1) is 0 Å². The number of hydrogen-bond donors (Lipinski definition) is 1. The van der Waals surface area contributed by atoms with Crippen LogP contribution in [0.15, 0.2) is 30.3 Å². The Labute approximate surface area is 128 Å². The van der Waals surface area contributed by atoms with E-state index in [1.807, 2.05) is 30.3 Å². The van der Waals surface area contributed by atoms with Crippen LogP contribution in [-0.4, -0.2) is 52.6 Å². The topological polar surface area (TPSA) is 95.0 Å². The summed E-state index contributed by atoms with van der Waals surface area (Å²) in [5, 5.41) is 0. The zero-order chi connectivity index (χ0) is 15.9. The molecule has 0 radical (unpaired) electrons. The first-order valence-electron chi connectivity index (χ1n) is 7.03. The zero-order valence-corrected chi connectivity index (χ0v) is 12.6. The van der Waals surface area contributed by atoms with E-state index in [2.05, 4.69) is 0 Å². The molecule has 0 spiro atoms. The number of carbonyl (C=O) groups excluding carboxylic acids is 2. The lowest BCUT2D eigenvalue weighted by atomic mass is 10.00. The molecule has 0 saturated carbocycles. The molecule has 0 aromatic heterocycles.